The maximum absolute atomic E-state index is 5.82. The molecule has 0 radical (unpaired) electrons. The van der Waals surface area contributed by atoms with Gasteiger partial charge in [0.2, 0.25) is 0 Å². The number of rotatable bonds is 3. The average molecular weight is 279 g/mol. The monoisotopic (exact) mass is 279 g/mol. The molecule has 3 rings (SSSR count). The minimum atomic E-state index is 0.516. The molecule has 2 N–H and O–H groups in total. The molecule has 0 aliphatic heterocycles. The molecular formula is C17H17N3O. The van der Waals surface area contributed by atoms with Crippen LogP contribution < -0.4 is 5.73 Å². The summed E-state index contributed by atoms with van der Waals surface area (Å²) in [5.74, 6) is 1.19. The van der Waals surface area contributed by atoms with Gasteiger partial charge in [0.15, 0.2) is 5.82 Å². The molecule has 0 fully saturated rings. The van der Waals surface area contributed by atoms with Crippen molar-refractivity contribution in [1.82, 2.24) is 10.1 Å². The molecule has 0 aliphatic carbocycles. The van der Waals surface area contributed by atoms with Gasteiger partial charge in [-0.15, -0.1) is 0 Å². The Balaban J connectivity index is 1.86. The Morgan fingerprint density at radius 1 is 1.05 bits per heavy atom. The molecule has 0 unspecified atom stereocenters. The molecular weight excluding hydrogens is 262 g/mol. The largest absolute Gasteiger partial charge is 0.399 e. The van der Waals surface area contributed by atoms with E-state index in [0.29, 0.717) is 23.8 Å². The molecule has 106 valence electrons. The molecule has 3 aromatic rings. The predicted molar refractivity (Wildman–Crippen MR) is 82.9 cm³/mol. The predicted octanol–water partition coefficient (Wildman–Crippen LogP) is 3.53. The van der Waals surface area contributed by atoms with Crippen LogP contribution in [0.3, 0.4) is 0 Å². The number of hydrogen-bond acceptors (Lipinski definition) is 4. The lowest BCUT2D eigenvalue weighted by molar-refractivity contribution is 0.423. The smallest absolute Gasteiger partial charge is 0.258 e. The second kappa shape index (κ2) is 5.40. The number of hydrogen-bond donors (Lipinski definition) is 1. The molecule has 0 saturated heterocycles. The maximum atomic E-state index is 5.82. The third-order valence-corrected chi connectivity index (χ3v) is 3.44. The standard InChI is InChI=1S/C17H17N3O/c1-11-3-6-13(7-4-11)9-16-19-17(21-20-16)15-10-14(18)8-5-12(15)2/h3-8,10H,9,18H2,1-2H3. The summed E-state index contributed by atoms with van der Waals surface area (Å²) in [6, 6.07) is 14.0. The number of aromatic nitrogens is 2. The number of aryl methyl sites for hydroxylation is 2. The first-order valence-electron chi connectivity index (χ1n) is 6.86. The first-order chi connectivity index (χ1) is 10.1. The van der Waals surface area contributed by atoms with Gasteiger partial charge in [-0.05, 0) is 37.1 Å². The van der Waals surface area contributed by atoms with Gasteiger partial charge in [0, 0.05) is 17.7 Å². The minimum absolute atomic E-state index is 0.516. The lowest BCUT2D eigenvalue weighted by atomic mass is 10.1. The number of nitrogens with two attached hydrogens (primary N) is 1. The first kappa shape index (κ1) is 13.4. The highest BCUT2D eigenvalue weighted by molar-refractivity contribution is 5.63. The summed E-state index contributed by atoms with van der Waals surface area (Å²) >= 11 is 0. The van der Waals surface area contributed by atoms with Crippen molar-refractivity contribution in [1.29, 1.82) is 0 Å². The molecule has 1 heterocycles. The second-order valence-corrected chi connectivity index (χ2v) is 5.25. The summed E-state index contributed by atoms with van der Waals surface area (Å²) in [4.78, 5) is 4.47. The summed E-state index contributed by atoms with van der Waals surface area (Å²) in [5.41, 5.74) is 10.9. The van der Waals surface area contributed by atoms with Gasteiger partial charge in [0.1, 0.15) is 0 Å². The van der Waals surface area contributed by atoms with Gasteiger partial charge in [-0.2, -0.15) is 4.98 Å². The van der Waals surface area contributed by atoms with Crippen molar-refractivity contribution in [2.45, 2.75) is 20.3 Å². The first-order valence-corrected chi connectivity index (χ1v) is 6.86. The zero-order valence-corrected chi connectivity index (χ0v) is 12.1. The molecule has 0 saturated carbocycles. The van der Waals surface area contributed by atoms with Crippen LogP contribution in [-0.2, 0) is 6.42 Å². The van der Waals surface area contributed by atoms with Crippen molar-refractivity contribution in [3.8, 4) is 11.5 Å². The van der Waals surface area contributed by atoms with Gasteiger partial charge in [0.25, 0.3) is 5.89 Å². The van der Waals surface area contributed by atoms with Crippen molar-refractivity contribution < 1.29 is 4.52 Å². The fourth-order valence-electron chi connectivity index (χ4n) is 2.19. The van der Waals surface area contributed by atoms with Gasteiger partial charge in [-0.1, -0.05) is 41.1 Å². The van der Waals surface area contributed by atoms with E-state index in [-0.39, 0.29) is 0 Å². The molecule has 0 spiro atoms. The van der Waals surface area contributed by atoms with E-state index in [9.17, 15) is 0 Å². The molecule has 0 atom stereocenters. The van der Waals surface area contributed by atoms with E-state index in [0.717, 1.165) is 16.7 Å². The Bertz CT molecular complexity index is 760. The van der Waals surface area contributed by atoms with E-state index in [2.05, 4.69) is 41.3 Å². The zero-order valence-electron chi connectivity index (χ0n) is 12.1. The van der Waals surface area contributed by atoms with Crippen LogP contribution in [0.15, 0.2) is 47.0 Å². The fourth-order valence-corrected chi connectivity index (χ4v) is 2.19. The van der Waals surface area contributed by atoms with Crippen LogP contribution in [0.4, 0.5) is 5.69 Å². The fraction of sp³-hybridized carbons (Fsp3) is 0.176. The van der Waals surface area contributed by atoms with Crippen molar-refractivity contribution in [3.63, 3.8) is 0 Å². The molecule has 1 aromatic heterocycles. The Kier molecular flexibility index (Phi) is 3.44. The molecule has 0 bridgehead atoms. The van der Waals surface area contributed by atoms with Crippen LogP contribution in [0.5, 0.6) is 0 Å². The third-order valence-electron chi connectivity index (χ3n) is 3.44. The van der Waals surface area contributed by atoms with Gasteiger partial charge < -0.3 is 10.3 Å². The minimum Gasteiger partial charge on any atom is -0.399 e. The lowest BCUT2D eigenvalue weighted by Gasteiger charge is -2.01. The number of benzene rings is 2. The van der Waals surface area contributed by atoms with Gasteiger partial charge in [-0.25, -0.2) is 0 Å². The molecule has 0 aliphatic rings. The topological polar surface area (TPSA) is 64.9 Å². The normalized spacial score (nSPS) is 10.8. The second-order valence-electron chi connectivity index (χ2n) is 5.25. The number of anilines is 1. The summed E-state index contributed by atoms with van der Waals surface area (Å²) in [6.07, 6.45) is 0.658. The van der Waals surface area contributed by atoms with Crippen LogP contribution in [0.1, 0.15) is 22.5 Å². The summed E-state index contributed by atoms with van der Waals surface area (Å²) < 4.78 is 5.37. The van der Waals surface area contributed by atoms with E-state index in [4.69, 9.17) is 10.3 Å². The summed E-state index contributed by atoms with van der Waals surface area (Å²) in [5, 5.41) is 4.05. The SMILES string of the molecule is Cc1ccc(Cc2noc(-c3cc(N)ccc3C)n2)cc1. The lowest BCUT2D eigenvalue weighted by Crippen LogP contribution is -1.92. The van der Waals surface area contributed by atoms with Crippen molar-refractivity contribution >= 4 is 5.69 Å². The van der Waals surface area contributed by atoms with Gasteiger partial charge in [-0.3, -0.25) is 0 Å². The van der Waals surface area contributed by atoms with Gasteiger partial charge in [0.05, 0.1) is 0 Å². The highest BCUT2D eigenvalue weighted by atomic mass is 16.5. The number of nitrogen functional groups attached to an aromatic ring is 1. The Morgan fingerprint density at radius 2 is 1.81 bits per heavy atom. The Labute approximate surface area is 123 Å². The van der Waals surface area contributed by atoms with Crippen molar-refractivity contribution in [2.24, 2.45) is 0 Å². The van der Waals surface area contributed by atoms with Crippen LogP contribution in [0.25, 0.3) is 11.5 Å². The number of nitrogens with zero attached hydrogens (tertiary/aromatic N) is 2. The van der Waals surface area contributed by atoms with Crippen LogP contribution in [-0.4, -0.2) is 10.1 Å². The maximum Gasteiger partial charge on any atom is 0.258 e. The van der Waals surface area contributed by atoms with Crippen LogP contribution in [0.2, 0.25) is 0 Å². The summed E-state index contributed by atoms with van der Waals surface area (Å²) in [7, 11) is 0. The zero-order chi connectivity index (χ0) is 14.8. The third kappa shape index (κ3) is 2.94. The van der Waals surface area contributed by atoms with Gasteiger partial charge >= 0.3 is 0 Å². The van der Waals surface area contributed by atoms with Crippen LogP contribution in [0, 0.1) is 13.8 Å². The highest BCUT2D eigenvalue weighted by Crippen LogP contribution is 2.24. The molecule has 21 heavy (non-hydrogen) atoms. The van der Waals surface area contributed by atoms with Crippen molar-refractivity contribution in [2.75, 3.05) is 5.73 Å². The summed E-state index contributed by atoms with van der Waals surface area (Å²) in [6.45, 7) is 4.07. The Hall–Kier alpha value is -2.62. The average Bonchev–Trinajstić information content (AvgIpc) is 2.92. The molecule has 2 aromatic carbocycles. The Morgan fingerprint density at radius 3 is 2.57 bits per heavy atom. The highest BCUT2D eigenvalue weighted by Gasteiger charge is 2.12. The molecule has 0 amide bonds. The van der Waals surface area contributed by atoms with Crippen molar-refractivity contribution in [3.05, 3.63) is 65.0 Å². The van der Waals surface area contributed by atoms with E-state index in [1.807, 2.05) is 25.1 Å². The molecule has 4 heteroatoms. The molecule has 4 nitrogen and oxygen atoms in total. The van der Waals surface area contributed by atoms with E-state index in [1.54, 1.807) is 0 Å². The van der Waals surface area contributed by atoms with E-state index < -0.39 is 0 Å². The quantitative estimate of drug-likeness (QED) is 0.745. The van der Waals surface area contributed by atoms with E-state index >= 15 is 0 Å². The van der Waals surface area contributed by atoms with Crippen LogP contribution >= 0.6 is 0 Å². The van der Waals surface area contributed by atoms with E-state index in [1.165, 1.54) is 5.56 Å².